The van der Waals surface area contributed by atoms with Gasteiger partial charge in [0.25, 0.3) is 0 Å². The van der Waals surface area contributed by atoms with E-state index in [-0.39, 0.29) is 22.9 Å². The molecule has 4 aromatic carbocycles. The summed E-state index contributed by atoms with van der Waals surface area (Å²) >= 11 is 5.92. The number of aromatic hydroxyl groups is 1. The van der Waals surface area contributed by atoms with Gasteiger partial charge in [-0.05, 0) is 72.0 Å². The molecule has 1 saturated heterocycles. The first-order valence-electron chi connectivity index (χ1n) is 12.8. The zero-order valence-electron chi connectivity index (χ0n) is 21.7. The number of nitrogens with zero attached hydrogens (tertiary/aromatic N) is 1. The summed E-state index contributed by atoms with van der Waals surface area (Å²) in [6, 6.07) is 26.5. The molecule has 40 heavy (non-hydrogen) atoms. The number of benzene rings is 4. The highest BCUT2D eigenvalue weighted by Crippen LogP contribution is 2.57. The van der Waals surface area contributed by atoms with Crippen molar-refractivity contribution < 1.29 is 29.0 Å². The number of hydrogen-bond donors (Lipinski definition) is 4. The fourth-order valence-corrected chi connectivity index (χ4v) is 6.36. The maximum Gasteiger partial charge on any atom is 0.356 e. The van der Waals surface area contributed by atoms with E-state index in [0.29, 0.717) is 40.1 Å². The Bertz CT molecular complexity index is 1580. The molecule has 0 bridgehead atoms. The van der Waals surface area contributed by atoms with Crippen LogP contribution in [0.25, 0.3) is 11.1 Å². The van der Waals surface area contributed by atoms with Gasteiger partial charge in [-0.1, -0.05) is 73.7 Å². The third-order valence-electron chi connectivity index (χ3n) is 7.66. The minimum Gasteiger partial charge on any atom is -0.508 e. The van der Waals surface area contributed by atoms with Crippen LogP contribution in [0.4, 0.5) is 10.1 Å². The number of thiocarbonyl (C=S) groups is 1. The fourth-order valence-electron chi connectivity index (χ4n) is 5.40. The van der Waals surface area contributed by atoms with Crippen molar-refractivity contribution in [2.24, 2.45) is 5.41 Å². The van der Waals surface area contributed by atoms with Gasteiger partial charge in [0.1, 0.15) is 11.6 Å². The lowest BCUT2D eigenvalue weighted by Crippen LogP contribution is -2.61. The number of halogens is 1. The first-order chi connectivity index (χ1) is 19.0. The molecule has 1 aliphatic heterocycles. The average molecular weight is 578 g/mol. The Balaban J connectivity index is 1.46. The van der Waals surface area contributed by atoms with Crippen LogP contribution in [-0.2, 0) is 4.57 Å². The molecular weight excluding hydrogens is 548 g/mol. The van der Waals surface area contributed by atoms with Gasteiger partial charge in [0.2, 0.25) is 0 Å². The Hall–Kier alpha value is -3.39. The summed E-state index contributed by atoms with van der Waals surface area (Å²) < 4.78 is 24.9. The van der Waals surface area contributed by atoms with Crippen LogP contribution in [0.1, 0.15) is 43.0 Å². The lowest BCUT2D eigenvalue weighted by molar-refractivity contribution is 0.141. The van der Waals surface area contributed by atoms with E-state index < -0.39 is 19.1 Å². The fraction of sp³-hybridized carbons (Fsp3) is 0.194. The second-order valence-corrected chi connectivity index (χ2v) is 12.3. The van der Waals surface area contributed by atoms with Gasteiger partial charge >= 0.3 is 7.60 Å². The van der Waals surface area contributed by atoms with Gasteiger partial charge in [-0.2, -0.15) is 0 Å². The highest BCUT2D eigenvalue weighted by molar-refractivity contribution is 7.80. The van der Waals surface area contributed by atoms with Gasteiger partial charge in [-0.15, -0.1) is 0 Å². The Morgan fingerprint density at radius 3 is 2.17 bits per heavy atom. The van der Waals surface area contributed by atoms with Gasteiger partial charge in [-0.25, -0.2) is 4.39 Å². The van der Waals surface area contributed by atoms with Crippen molar-refractivity contribution in [1.29, 1.82) is 0 Å². The number of rotatable bonds is 8. The first kappa shape index (κ1) is 28.1. The van der Waals surface area contributed by atoms with E-state index in [1.807, 2.05) is 54.3 Å². The molecule has 0 saturated carbocycles. The molecule has 206 valence electrons. The molecule has 0 aromatic heterocycles. The van der Waals surface area contributed by atoms with E-state index >= 15 is 0 Å². The quantitative estimate of drug-likeness (QED) is 0.142. The molecule has 0 radical (unpaired) electrons. The van der Waals surface area contributed by atoms with Crippen molar-refractivity contribution in [2.45, 2.75) is 31.9 Å². The Morgan fingerprint density at radius 2 is 1.57 bits per heavy atom. The van der Waals surface area contributed by atoms with Crippen molar-refractivity contribution in [3.8, 4) is 16.9 Å². The van der Waals surface area contributed by atoms with E-state index in [0.717, 1.165) is 5.69 Å². The summed E-state index contributed by atoms with van der Waals surface area (Å²) in [6.45, 7) is 2.03. The number of hydrogen-bond acceptors (Lipinski definition) is 4. The molecule has 9 heteroatoms. The van der Waals surface area contributed by atoms with Crippen LogP contribution < -0.4 is 10.2 Å². The summed E-state index contributed by atoms with van der Waals surface area (Å²) in [6.07, 6.45) is 0.133. The maximum absolute atomic E-state index is 13.4. The SMILES string of the molecule is C[C@]1(CC[C@H](O)c2ccc(F)cc2)C(=S)N(c2ccccc2)[C@@H]1c1ccc(-c2ccc(P(=O)(O)O)cc2)cc1O. The first-order valence-corrected chi connectivity index (χ1v) is 14.8. The summed E-state index contributed by atoms with van der Waals surface area (Å²) in [5, 5.41) is 22.0. The Morgan fingerprint density at radius 1 is 0.950 bits per heavy atom. The number of aliphatic hydroxyl groups excluding tert-OH is 1. The van der Waals surface area contributed by atoms with Gasteiger partial charge in [-0.3, -0.25) is 4.57 Å². The number of anilines is 1. The minimum atomic E-state index is -4.35. The van der Waals surface area contributed by atoms with Gasteiger partial charge in [0.15, 0.2) is 0 Å². The van der Waals surface area contributed by atoms with Crippen LogP contribution >= 0.6 is 19.8 Å². The van der Waals surface area contributed by atoms with Crippen LogP contribution in [0.5, 0.6) is 5.75 Å². The lowest BCUT2D eigenvalue weighted by Gasteiger charge is -2.58. The molecule has 0 spiro atoms. The normalized spacial score (nSPS) is 19.8. The minimum absolute atomic E-state index is 0.0651. The van der Waals surface area contributed by atoms with E-state index in [2.05, 4.69) is 0 Å². The molecule has 4 N–H and O–H groups in total. The Kier molecular flexibility index (Phi) is 7.66. The monoisotopic (exact) mass is 577 g/mol. The second-order valence-electron chi connectivity index (χ2n) is 10.3. The highest BCUT2D eigenvalue weighted by atomic mass is 32.1. The second kappa shape index (κ2) is 10.9. The third-order valence-corrected chi connectivity index (χ3v) is 9.29. The van der Waals surface area contributed by atoms with Crippen LogP contribution in [0.2, 0.25) is 0 Å². The topological polar surface area (TPSA) is 101 Å². The summed E-state index contributed by atoms with van der Waals surface area (Å²) in [7, 11) is -4.35. The molecule has 1 heterocycles. The number of phenolic OH excluding ortho intramolecular Hbond substituents is 1. The highest BCUT2D eigenvalue weighted by Gasteiger charge is 2.55. The number of para-hydroxylation sites is 1. The predicted molar refractivity (Wildman–Crippen MR) is 158 cm³/mol. The lowest BCUT2D eigenvalue weighted by atomic mass is 9.66. The van der Waals surface area contributed by atoms with Gasteiger partial charge in [0.05, 0.1) is 22.4 Å². The van der Waals surface area contributed by atoms with Crippen LogP contribution in [0.3, 0.4) is 0 Å². The molecule has 0 aliphatic carbocycles. The molecular formula is C31H29FNO5PS. The average Bonchev–Trinajstić information content (AvgIpc) is 2.95. The predicted octanol–water partition coefficient (Wildman–Crippen LogP) is 6.41. The maximum atomic E-state index is 13.4. The molecule has 1 aliphatic rings. The molecule has 0 amide bonds. The van der Waals surface area contributed by atoms with E-state index in [1.54, 1.807) is 30.3 Å². The molecule has 1 fully saturated rings. The molecule has 0 unspecified atom stereocenters. The van der Waals surface area contributed by atoms with Crippen molar-refractivity contribution in [2.75, 3.05) is 4.90 Å². The van der Waals surface area contributed by atoms with Crippen molar-refractivity contribution >= 4 is 35.8 Å². The third kappa shape index (κ3) is 5.33. The van der Waals surface area contributed by atoms with Crippen LogP contribution in [0.15, 0.2) is 97.1 Å². The van der Waals surface area contributed by atoms with Crippen LogP contribution in [0, 0.1) is 11.2 Å². The van der Waals surface area contributed by atoms with E-state index in [9.17, 15) is 29.0 Å². The summed E-state index contributed by atoms with van der Waals surface area (Å²) in [4.78, 5) is 21.5. The molecule has 3 atom stereocenters. The largest absolute Gasteiger partial charge is 0.508 e. The Labute approximate surface area is 237 Å². The molecule has 5 rings (SSSR count). The van der Waals surface area contributed by atoms with Crippen molar-refractivity contribution in [3.63, 3.8) is 0 Å². The van der Waals surface area contributed by atoms with Gasteiger partial charge < -0.3 is 24.9 Å². The standard InChI is InChI=1S/C31H29FNO5PS/c1-31(18-17-27(34)21-7-12-23(32)13-8-21)29(33(30(31)40)24-5-3-2-4-6-24)26-16-11-22(19-28(26)35)20-9-14-25(15-10-20)39(36,37)38/h2-16,19,27,29,34-35H,17-18H2,1H3,(H2,36,37,38)/t27-,29+,31+/m0/s1. The van der Waals surface area contributed by atoms with Crippen LogP contribution in [-0.4, -0.2) is 25.0 Å². The number of aliphatic hydroxyl groups is 1. The summed E-state index contributed by atoms with van der Waals surface area (Å²) in [5.74, 6) is -0.298. The molecule has 4 aromatic rings. The van der Waals surface area contributed by atoms with Gasteiger partial charge in [0, 0.05) is 16.7 Å². The molecule has 6 nitrogen and oxygen atoms in total. The summed E-state index contributed by atoms with van der Waals surface area (Å²) in [5.41, 5.74) is 3.03. The smallest absolute Gasteiger partial charge is 0.356 e. The zero-order valence-corrected chi connectivity index (χ0v) is 23.4. The van der Waals surface area contributed by atoms with Crippen molar-refractivity contribution in [1.82, 2.24) is 0 Å². The van der Waals surface area contributed by atoms with E-state index in [4.69, 9.17) is 12.2 Å². The zero-order chi connectivity index (χ0) is 28.7. The van der Waals surface area contributed by atoms with Crippen molar-refractivity contribution in [3.05, 3.63) is 114 Å². The number of phenols is 1. The van der Waals surface area contributed by atoms with E-state index in [1.165, 1.54) is 24.3 Å².